The van der Waals surface area contributed by atoms with Gasteiger partial charge in [-0.05, 0) is 70.6 Å². The molecule has 0 aromatic rings. The lowest BCUT2D eigenvalue weighted by atomic mass is 10.0. The Kier molecular flexibility index (Phi) is 52.3. The Hall–Kier alpha value is -2.89. The van der Waals surface area contributed by atoms with Gasteiger partial charge in [-0.25, -0.2) is 0 Å². The summed E-state index contributed by atoms with van der Waals surface area (Å²) < 4.78 is 16.7. The van der Waals surface area contributed by atoms with Crippen molar-refractivity contribution in [2.75, 3.05) is 13.2 Å². The van der Waals surface area contributed by atoms with Gasteiger partial charge < -0.3 is 14.2 Å². The van der Waals surface area contributed by atoms with E-state index >= 15 is 0 Å². The maximum Gasteiger partial charge on any atom is 0.306 e. The van der Waals surface area contributed by atoms with Gasteiger partial charge in [-0.2, -0.15) is 0 Å². The number of ether oxygens (including phenoxy) is 3. The molecular formula is C60H106O6. The lowest BCUT2D eigenvalue weighted by Crippen LogP contribution is -2.30. The normalized spacial score (nSPS) is 12.5. The highest BCUT2D eigenvalue weighted by molar-refractivity contribution is 5.71. The van der Waals surface area contributed by atoms with Crippen molar-refractivity contribution in [2.24, 2.45) is 0 Å². The first kappa shape index (κ1) is 63.1. The minimum Gasteiger partial charge on any atom is -0.462 e. The van der Waals surface area contributed by atoms with Crippen LogP contribution in [0.4, 0.5) is 0 Å². The number of esters is 3. The van der Waals surface area contributed by atoms with Crippen LogP contribution in [0.15, 0.2) is 60.8 Å². The molecule has 0 heterocycles. The van der Waals surface area contributed by atoms with E-state index in [1.807, 2.05) is 6.08 Å². The topological polar surface area (TPSA) is 78.9 Å². The van der Waals surface area contributed by atoms with Gasteiger partial charge in [-0.3, -0.25) is 14.4 Å². The molecule has 382 valence electrons. The van der Waals surface area contributed by atoms with Crippen molar-refractivity contribution in [3.8, 4) is 0 Å². The number of hydrogen-bond donors (Lipinski definition) is 0. The third kappa shape index (κ3) is 52.1. The SMILES string of the molecule is CCCCCCCC/C=C/C/C=C/C/C=C/CCCC(=O)OC(COC(=O)CC/C=C/C/C=C/CCCCCCCC)COC(=O)CCCCCCCCCCCCCCCCCCCC. The lowest BCUT2D eigenvalue weighted by molar-refractivity contribution is -0.166. The predicted molar refractivity (Wildman–Crippen MR) is 284 cm³/mol. The molecule has 0 rings (SSSR count). The highest BCUT2D eigenvalue weighted by atomic mass is 16.6. The molecule has 0 saturated heterocycles. The Bertz CT molecular complexity index is 1200. The van der Waals surface area contributed by atoms with Crippen molar-refractivity contribution in [3.63, 3.8) is 0 Å². The zero-order valence-electron chi connectivity index (χ0n) is 43.7. The number of allylic oxidation sites excluding steroid dienone is 10. The van der Waals surface area contributed by atoms with Crippen LogP contribution in [0.3, 0.4) is 0 Å². The summed E-state index contributed by atoms with van der Waals surface area (Å²) in [5.74, 6) is -1.02. The summed E-state index contributed by atoms with van der Waals surface area (Å²) >= 11 is 0. The van der Waals surface area contributed by atoms with Crippen molar-refractivity contribution < 1.29 is 28.6 Å². The van der Waals surface area contributed by atoms with E-state index in [-0.39, 0.29) is 44.0 Å². The first-order valence-corrected chi connectivity index (χ1v) is 28.3. The molecule has 0 aliphatic carbocycles. The lowest BCUT2D eigenvalue weighted by Gasteiger charge is -2.18. The van der Waals surface area contributed by atoms with Gasteiger partial charge in [0.25, 0.3) is 0 Å². The molecule has 0 aliphatic heterocycles. The van der Waals surface area contributed by atoms with E-state index < -0.39 is 6.10 Å². The summed E-state index contributed by atoms with van der Waals surface area (Å²) in [7, 11) is 0. The summed E-state index contributed by atoms with van der Waals surface area (Å²) in [6, 6.07) is 0. The Morgan fingerprint density at radius 2 is 0.591 bits per heavy atom. The van der Waals surface area contributed by atoms with Gasteiger partial charge in [-0.15, -0.1) is 0 Å². The van der Waals surface area contributed by atoms with Gasteiger partial charge >= 0.3 is 17.9 Å². The largest absolute Gasteiger partial charge is 0.462 e. The third-order valence-electron chi connectivity index (χ3n) is 12.3. The van der Waals surface area contributed by atoms with Crippen LogP contribution in [0.25, 0.3) is 0 Å². The second-order valence-corrected chi connectivity index (χ2v) is 18.8. The maximum absolute atomic E-state index is 12.8. The van der Waals surface area contributed by atoms with Gasteiger partial charge in [-0.1, -0.05) is 255 Å². The molecule has 0 aromatic carbocycles. The van der Waals surface area contributed by atoms with Crippen LogP contribution in [-0.2, 0) is 28.6 Å². The van der Waals surface area contributed by atoms with Crippen molar-refractivity contribution in [2.45, 2.75) is 290 Å². The van der Waals surface area contributed by atoms with Crippen LogP contribution in [0.2, 0.25) is 0 Å². The molecule has 0 amide bonds. The molecule has 1 atom stereocenters. The van der Waals surface area contributed by atoms with E-state index in [9.17, 15) is 14.4 Å². The fraction of sp³-hybridized carbons (Fsp3) is 0.783. The van der Waals surface area contributed by atoms with Gasteiger partial charge in [0, 0.05) is 19.3 Å². The number of rotatable bonds is 51. The smallest absolute Gasteiger partial charge is 0.306 e. The Labute approximate surface area is 409 Å². The summed E-state index contributed by atoms with van der Waals surface area (Å²) in [4.78, 5) is 38.0. The molecule has 0 aliphatic rings. The first-order chi connectivity index (χ1) is 32.5. The highest BCUT2D eigenvalue weighted by Gasteiger charge is 2.19. The summed E-state index contributed by atoms with van der Waals surface area (Å²) in [5, 5.41) is 0. The molecule has 0 radical (unpaired) electrons. The fourth-order valence-electron chi connectivity index (χ4n) is 7.98. The molecule has 0 fully saturated rings. The van der Waals surface area contributed by atoms with Crippen molar-refractivity contribution in [1.29, 1.82) is 0 Å². The van der Waals surface area contributed by atoms with Crippen LogP contribution < -0.4 is 0 Å². The van der Waals surface area contributed by atoms with E-state index in [1.165, 1.54) is 180 Å². The number of carbonyl (C=O) groups is 3. The summed E-state index contributed by atoms with van der Waals surface area (Å²) in [5.41, 5.74) is 0. The van der Waals surface area contributed by atoms with Crippen molar-refractivity contribution >= 4 is 17.9 Å². The average Bonchev–Trinajstić information content (AvgIpc) is 3.31. The van der Waals surface area contributed by atoms with Gasteiger partial charge in [0.05, 0.1) is 0 Å². The van der Waals surface area contributed by atoms with Crippen molar-refractivity contribution in [3.05, 3.63) is 60.8 Å². The van der Waals surface area contributed by atoms with Crippen molar-refractivity contribution in [1.82, 2.24) is 0 Å². The highest BCUT2D eigenvalue weighted by Crippen LogP contribution is 2.16. The second-order valence-electron chi connectivity index (χ2n) is 18.8. The number of unbranched alkanes of at least 4 members (excludes halogenated alkanes) is 30. The maximum atomic E-state index is 12.8. The summed E-state index contributed by atoms with van der Waals surface area (Å²) in [6.45, 7) is 6.56. The third-order valence-corrected chi connectivity index (χ3v) is 12.3. The predicted octanol–water partition coefficient (Wildman–Crippen LogP) is 18.8. The van der Waals surface area contributed by atoms with E-state index in [0.717, 1.165) is 51.4 Å². The average molecular weight is 924 g/mol. The van der Waals surface area contributed by atoms with E-state index in [4.69, 9.17) is 14.2 Å². The van der Waals surface area contributed by atoms with Crippen LogP contribution >= 0.6 is 0 Å². The zero-order chi connectivity index (χ0) is 47.9. The monoisotopic (exact) mass is 923 g/mol. The van der Waals surface area contributed by atoms with Crippen LogP contribution in [0.5, 0.6) is 0 Å². The minimum absolute atomic E-state index is 0.109. The minimum atomic E-state index is -0.821. The van der Waals surface area contributed by atoms with Crippen LogP contribution in [0.1, 0.15) is 284 Å². The van der Waals surface area contributed by atoms with Gasteiger partial charge in [0.2, 0.25) is 0 Å². The molecular weight excluding hydrogens is 817 g/mol. The molecule has 6 heteroatoms. The summed E-state index contributed by atoms with van der Waals surface area (Å²) in [6.07, 6.45) is 68.0. The van der Waals surface area contributed by atoms with Crippen LogP contribution in [0, 0.1) is 0 Å². The number of hydrogen-bond acceptors (Lipinski definition) is 6. The fourth-order valence-corrected chi connectivity index (χ4v) is 7.98. The van der Waals surface area contributed by atoms with E-state index in [2.05, 4.69) is 75.5 Å². The standard InChI is InChI=1S/C60H106O6/c1-4-7-10-13-16-19-22-25-27-29-31-32-35-38-41-44-47-50-53-59(62)65-56-57(55-64-58(61)52-49-46-43-40-37-34-24-21-18-15-12-9-6-3)66-60(63)54-51-48-45-42-39-36-33-30-28-26-23-20-17-14-11-8-5-2/h26,28,33-34,36-37,42-43,45-46,57H,4-25,27,29-32,35,38-41,44,47-56H2,1-3H3/b28-26+,36-33+,37-34+,45-42+,46-43+. The first-order valence-electron chi connectivity index (χ1n) is 28.3. The Morgan fingerprint density at radius 1 is 0.303 bits per heavy atom. The molecule has 0 spiro atoms. The Balaban J connectivity index is 4.46. The molecule has 6 nitrogen and oxygen atoms in total. The van der Waals surface area contributed by atoms with Crippen LogP contribution in [-0.4, -0.2) is 37.2 Å². The molecule has 0 bridgehead atoms. The quantitative estimate of drug-likeness (QED) is 0.0262. The van der Waals surface area contributed by atoms with E-state index in [0.29, 0.717) is 19.3 Å². The molecule has 0 aromatic heterocycles. The molecule has 1 unspecified atom stereocenters. The zero-order valence-corrected chi connectivity index (χ0v) is 43.7. The second kappa shape index (κ2) is 54.7. The number of carbonyl (C=O) groups excluding carboxylic acids is 3. The molecule has 0 saturated carbocycles. The molecule has 0 N–H and O–H groups in total. The van der Waals surface area contributed by atoms with Gasteiger partial charge in [0.1, 0.15) is 13.2 Å². The Morgan fingerprint density at radius 3 is 0.985 bits per heavy atom. The van der Waals surface area contributed by atoms with E-state index in [1.54, 1.807) is 0 Å². The van der Waals surface area contributed by atoms with Gasteiger partial charge in [0.15, 0.2) is 6.10 Å². The molecule has 66 heavy (non-hydrogen) atoms.